The number of nitrogens with two attached hydrogens (primary N) is 1. The van der Waals surface area contributed by atoms with Crippen LogP contribution in [0.5, 0.6) is 0 Å². The van der Waals surface area contributed by atoms with Gasteiger partial charge >= 0.3 is 12.0 Å². The molecule has 1 atom stereocenters. The molecule has 33 heavy (non-hydrogen) atoms. The fraction of sp³-hybridized carbons (Fsp3) is 0.214. The van der Waals surface area contributed by atoms with Crippen LogP contribution in [0.2, 0.25) is 0 Å². The molecule has 3 N–H and O–H groups in total. The second kappa shape index (κ2) is 10.6. The summed E-state index contributed by atoms with van der Waals surface area (Å²) in [6.45, 7) is 6.06. The molecule has 0 saturated carbocycles. The number of fused-ring (bicyclic) bond motifs is 2. The lowest BCUT2D eigenvalue weighted by molar-refractivity contribution is -0.138. The van der Waals surface area contributed by atoms with Crippen molar-refractivity contribution in [3.8, 4) is 0 Å². The molecule has 170 valence electrons. The van der Waals surface area contributed by atoms with Gasteiger partial charge in [0.1, 0.15) is 0 Å². The van der Waals surface area contributed by atoms with Gasteiger partial charge in [-0.25, -0.2) is 4.79 Å². The van der Waals surface area contributed by atoms with Gasteiger partial charge in [0.25, 0.3) is 0 Å². The van der Waals surface area contributed by atoms with Gasteiger partial charge in [0.15, 0.2) is 0 Å². The summed E-state index contributed by atoms with van der Waals surface area (Å²) in [5.74, 6) is -0.558. The van der Waals surface area contributed by atoms with Gasteiger partial charge in [-0.1, -0.05) is 86.7 Å². The number of benzene rings is 3. The zero-order chi connectivity index (χ0) is 24.0. The van der Waals surface area contributed by atoms with Crippen molar-refractivity contribution in [1.29, 1.82) is 0 Å². The Balaban J connectivity index is 0.000000190. The van der Waals surface area contributed by atoms with Crippen LogP contribution in [0.25, 0.3) is 12.2 Å². The van der Waals surface area contributed by atoms with Crippen LogP contribution in [0.15, 0.2) is 72.8 Å². The van der Waals surface area contributed by atoms with Crippen LogP contribution in [-0.2, 0) is 11.2 Å². The number of anilines is 2. The number of rotatable bonds is 4. The van der Waals surface area contributed by atoms with Gasteiger partial charge in [-0.2, -0.15) is 0 Å². The molecule has 4 rings (SSSR count). The minimum Gasteiger partial charge on any atom is -0.481 e. The van der Waals surface area contributed by atoms with E-state index >= 15 is 0 Å². The van der Waals surface area contributed by atoms with Gasteiger partial charge < -0.3 is 10.8 Å². The molecular weight excluding hydrogens is 412 g/mol. The first-order chi connectivity index (χ1) is 15.8. The van der Waals surface area contributed by atoms with E-state index in [1.807, 2.05) is 84.9 Å². The number of carbonyl (C=O) groups excluding carboxylic acids is 1. The lowest BCUT2D eigenvalue weighted by Gasteiger charge is -2.22. The van der Waals surface area contributed by atoms with E-state index in [0.29, 0.717) is 5.92 Å². The average Bonchev–Trinajstić information content (AvgIpc) is 2.96. The first-order valence-corrected chi connectivity index (χ1v) is 11.0. The van der Waals surface area contributed by atoms with Gasteiger partial charge in [0, 0.05) is 0 Å². The Morgan fingerprint density at radius 1 is 0.818 bits per heavy atom. The summed E-state index contributed by atoms with van der Waals surface area (Å²) >= 11 is 0. The number of carboxylic acid groups (broad SMARTS) is 1. The van der Waals surface area contributed by atoms with Crippen LogP contribution in [0, 0.1) is 5.92 Å². The molecule has 5 nitrogen and oxygen atoms in total. The van der Waals surface area contributed by atoms with Crippen LogP contribution < -0.4 is 10.6 Å². The summed E-state index contributed by atoms with van der Waals surface area (Å²) in [5, 5.41) is 8.85. The molecule has 1 aliphatic rings. The monoisotopic (exact) mass is 442 g/mol. The van der Waals surface area contributed by atoms with Crippen LogP contribution in [0.4, 0.5) is 16.2 Å². The van der Waals surface area contributed by atoms with Crippen molar-refractivity contribution < 1.29 is 14.7 Å². The standard InChI is InChI=1S/C15H12N2O.C13H18O2/c16-15(18)17-13-7-3-1-5-11(13)9-10-12-6-2-4-8-14(12)17;1-9(2)8-11-4-6-12(7-5-11)10(3)13(14)15/h1-10H,(H2,16,18);4-7,9-10H,8H2,1-3H3,(H,14,15). The van der Waals surface area contributed by atoms with E-state index in [9.17, 15) is 9.59 Å². The number of nitrogens with zero attached hydrogens (tertiary/aromatic N) is 1. The predicted molar refractivity (Wildman–Crippen MR) is 135 cm³/mol. The second-order valence-corrected chi connectivity index (χ2v) is 8.52. The van der Waals surface area contributed by atoms with Crippen molar-refractivity contribution in [3.63, 3.8) is 0 Å². The fourth-order valence-corrected chi connectivity index (χ4v) is 3.77. The van der Waals surface area contributed by atoms with E-state index in [1.54, 1.807) is 11.8 Å². The molecule has 5 heteroatoms. The van der Waals surface area contributed by atoms with E-state index in [2.05, 4.69) is 13.8 Å². The molecule has 1 heterocycles. The highest BCUT2D eigenvalue weighted by molar-refractivity contribution is 6.04. The molecule has 0 aromatic heterocycles. The number of amides is 2. The number of carbonyl (C=O) groups is 2. The summed E-state index contributed by atoms with van der Waals surface area (Å²) in [4.78, 5) is 24.1. The van der Waals surface area contributed by atoms with Crippen LogP contribution in [0.3, 0.4) is 0 Å². The number of carboxylic acids is 1. The first kappa shape index (κ1) is 23.8. The second-order valence-electron chi connectivity index (χ2n) is 8.52. The summed E-state index contributed by atoms with van der Waals surface area (Å²) < 4.78 is 0. The van der Waals surface area contributed by atoms with Crippen LogP contribution in [-0.4, -0.2) is 17.1 Å². The lowest BCUT2D eigenvalue weighted by Crippen LogP contribution is -2.32. The Hall–Kier alpha value is -3.86. The van der Waals surface area contributed by atoms with Gasteiger partial charge in [0.2, 0.25) is 0 Å². The lowest BCUT2D eigenvalue weighted by atomic mass is 9.97. The average molecular weight is 443 g/mol. The number of aliphatic carboxylic acids is 1. The molecule has 3 aromatic carbocycles. The van der Waals surface area contributed by atoms with Crippen molar-refractivity contribution in [2.75, 3.05) is 4.90 Å². The third-order valence-electron chi connectivity index (χ3n) is 5.51. The minimum atomic E-state index is -0.772. The van der Waals surface area contributed by atoms with E-state index < -0.39 is 17.9 Å². The minimum absolute atomic E-state index is 0.418. The largest absolute Gasteiger partial charge is 0.481 e. The Morgan fingerprint density at radius 3 is 1.73 bits per heavy atom. The fourth-order valence-electron chi connectivity index (χ4n) is 3.77. The maximum absolute atomic E-state index is 11.8. The molecule has 0 spiro atoms. The van der Waals surface area contributed by atoms with E-state index in [1.165, 1.54) is 5.56 Å². The van der Waals surface area contributed by atoms with Crippen molar-refractivity contribution in [3.05, 3.63) is 95.1 Å². The normalized spacial score (nSPS) is 12.7. The zero-order valence-corrected chi connectivity index (χ0v) is 19.2. The van der Waals surface area contributed by atoms with E-state index in [-0.39, 0.29) is 0 Å². The van der Waals surface area contributed by atoms with E-state index in [0.717, 1.165) is 34.5 Å². The highest BCUT2D eigenvalue weighted by Gasteiger charge is 2.21. The van der Waals surface area contributed by atoms with Crippen LogP contribution in [0.1, 0.15) is 48.9 Å². The molecule has 3 aromatic rings. The number of primary amides is 1. The molecule has 1 unspecified atom stereocenters. The molecule has 0 bridgehead atoms. The van der Waals surface area contributed by atoms with Gasteiger partial charge in [-0.05, 0) is 53.6 Å². The Bertz CT molecular complexity index is 1100. The molecule has 0 radical (unpaired) electrons. The predicted octanol–water partition coefficient (Wildman–Crippen LogP) is 6.46. The molecule has 0 aliphatic carbocycles. The molecule has 0 saturated heterocycles. The molecule has 0 fully saturated rings. The SMILES string of the molecule is CC(C)Cc1ccc(C(C)C(=O)O)cc1.NC(=O)N1c2ccccc2C=Cc2ccccc21. The Morgan fingerprint density at radius 2 is 1.30 bits per heavy atom. The molecular formula is C28H30N2O3. The first-order valence-electron chi connectivity index (χ1n) is 11.0. The summed E-state index contributed by atoms with van der Waals surface area (Å²) in [6, 6.07) is 22.8. The maximum Gasteiger partial charge on any atom is 0.323 e. The van der Waals surface area contributed by atoms with Gasteiger partial charge in [-0.3, -0.25) is 9.69 Å². The van der Waals surface area contributed by atoms with Gasteiger partial charge in [0.05, 0.1) is 17.3 Å². The molecule has 2 amide bonds. The maximum atomic E-state index is 11.8. The van der Waals surface area contributed by atoms with Gasteiger partial charge in [-0.15, -0.1) is 0 Å². The smallest absolute Gasteiger partial charge is 0.323 e. The topological polar surface area (TPSA) is 83.6 Å². The van der Waals surface area contributed by atoms with Crippen molar-refractivity contribution in [1.82, 2.24) is 0 Å². The molecule has 1 aliphatic heterocycles. The number of urea groups is 1. The number of para-hydroxylation sites is 2. The highest BCUT2D eigenvalue weighted by atomic mass is 16.4. The van der Waals surface area contributed by atoms with Crippen molar-refractivity contribution in [2.45, 2.75) is 33.1 Å². The summed E-state index contributed by atoms with van der Waals surface area (Å²) in [6.07, 6.45) is 5.04. The Labute approximate surface area is 195 Å². The summed E-state index contributed by atoms with van der Waals surface area (Å²) in [7, 11) is 0. The highest BCUT2D eigenvalue weighted by Crippen LogP contribution is 2.35. The van der Waals surface area contributed by atoms with Crippen LogP contribution >= 0.6 is 0 Å². The zero-order valence-electron chi connectivity index (χ0n) is 19.2. The number of hydrogen-bond acceptors (Lipinski definition) is 2. The van der Waals surface area contributed by atoms with Crippen molar-refractivity contribution in [2.24, 2.45) is 11.7 Å². The quantitative estimate of drug-likeness (QED) is 0.486. The van der Waals surface area contributed by atoms with E-state index in [4.69, 9.17) is 10.8 Å². The van der Waals surface area contributed by atoms with Crippen molar-refractivity contribution >= 4 is 35.5 Å². The third-order valence-corrected chi connectivity index (χ3v) is 5.51. The number of hydrogen-bond donors (Lipinski definition) is 2. The summed E-state index contributed by atoms with van der Waals surface area (Å²) in [5.41, 5.74) is 11.2. The third kappa shape index (κ3) is 5.89. The Kier molecular flexibility index (Phi) is 7.67.